The Bertz CT molecular complexity index is 1480. The van der Waals surface area contributed by atoms with Crippen LogP contribution in [0.4, 0.5) is 5.69 Å². The number of likely N-dealkylation sites (N-methyl/N-ethyl adjacent to an activating group) is 1. The lowest BCUT2D eigenvalue weighted by Gasteiger charge is -2.29. The van der Waals surface area contributed by atoms with Gasteiger partial charge in [0.2, 0.25) is 11.8 Å². The van der Waals surface area contributed by atoms with Crippen LogP contribution >= 0.6 is 0 Å². The third-order valence-corrected chi connectivity index (χ3v) is 7.12. The van der Waals surface area contributed by atoms with Crippen molar-refractivity contribution in [2.24, 2.45) is 9.98 Å². The van der Waals surface area contributed by atoms with Gasteiger partial charge in [-0.3, -0.25) is 14.6 Å². The zero-order valence-electron chi connectivity index (χ0n) is 24.6. The lowest BCUT2D eigenvalue weighted by Crippen LogP contribution is -2.43. The van der Waals surface area contributed by atoms with Gasteiger partial charge < -0.3 is 25.8 Å². The third-order valence-electron chi connectivity index (χ3n) is 7.12. The second-order valence-electron chi connectivity index (χ2n) is 10.7. The van der Waals surface area contributed by atoms with Gasteiger partial charge in [-0.2, -0.15) is 0 Å². The molecule has 10 heteroatoms. The van der Waals surface area contributed by atoms with Crippen LogP contribution in [0, 0.1) is 0 Å². The second kappa shape index (κ2) is 14.9. The Hall–Kier alpha value is -4.57. The molecule has 0 bridgehead atoms. The minimum Gasteiger partial charge on any atom is -0.353 e. The molecule has 4 N–H and O–H groups in total. The molecular weight excluding hydrogens is 528 g/mol. The number of benzene rings is 1. The van der Waals surface area contributed by atoms with Gasteiger partial charge in [-0.1, -0.05) is 18.2 Å². The number of hydrogen-bond acceptors (Lipinski definition) is 7. The first-order valence-corrected chi connectivity index (χ1v) is 14.2. The number of rotatable bonds is 12. The summed E-state index contributed by atoms with van der Waals surface area (Å²) in [6.07, 6.45) is 12.5. The highest BCUT2D eigenvalue weighted by atomic mass is 16.2. The van der Waals surface area contributed by atoms with E-state index >= 15 is 0 Å². The van der Waals surface area contributed by atoms with E-state index in [1.807, 2.05) is 73.7 Å². The molecule has 1 saturated carbocycles. The predicted octanol–water partition coefficient (Wildman–Crippen LogP) is 3.84. The zero-order valence-corrected chi connectivity index (χ0v) is 24.6. The number of carbonyl (C=O) groups is 2. The summed E-state index contributed by atoms with van der Waals surface area (Å²) in [7, 11) is 5.65. The number of aromatic amines is 1. The summed E-state index contributed by atoms with van der Waals surface area (Å²) in [5, 5.41) is 10.5. The normalized spacial score (nSPS) is 17.9. The number of pyridine rings is 1. The van der Waals surface area contributed by atoms with E-state index in [1.165, 1.54) is 0 Å². The molecule has 10 nitrogen and oxygen atoms in total. The van der Waals surface area contributed by atoms with Crippen LogP contribution in [0.25, 0.3) is 11.0 Å². The molecule has 1 aliphatic rings. The minimum absolute atomic E-state index is 0.0167. The van der Waals surface area contributed by atoms with E-state index in [0.717, 1.165) is 60.1 Å². The van der Waals surface area contributed by atoms with Gasteiger partial charge in [-0.05, 0) is 76.3 Å². The van der Waals surface area contributed by atoms with Crippen molar-refractivity contribution in [3.63, 3.8) is 0 Å². The Balaban J connectivity index is 1.28. The van der Waals surface area contributed by atoms with Gasteiger partial charge in [0, 0.05) is 66.9 Å². The van der Waals surface area contributed by atoms with Gasteiger partial charge in [0.25, 0.3) is 0 Å². The summed E-state index contributed by atoms with van der Waals surface area (Å²) in [6.45, 7) is 4.44. The van der Waals surface area contributed by atoms with Crippen LogP contribution < -0.4 is 16.0 Å². The number of anilines is 1. The van der Waals surface area contributed by atoms with Gasteiger partial charge in [0.15, 0.2) is 0 Å². The molecule has 4 rings (SSSR count). The summed E-state index contributed by atoms with van der Waals surface area (Å²) in [6, 6.07) is 11.9. The topological polar surface area (TPSA) is 127 Å². The molecule has 3 aromatic rings. The molecule has 220 valence electrons. The maximum absolute atomic E-state index is 12.8. The maximum Gasteiger partial charge on any atom is 0.243 e. The highest BCUT2D eigenvalue weighted by molar-refractivity contribution is 6.10. The summed E-state index contributed by atoms with van der Waals surface area (Å²) in [5.74, 6) is 0.455. The number of fused-ring (bicyclic) bond motifs is 1. The Morgan fingerprint density at radius 1 is 1.12 bits per heavy atom. The standard InChI is InChI=1S/C32H40N8O2/c1-33-28(24-19-23-14-15-35-32(23)36-21-24)20-29(34-2)37-27-8-5-7-22(17-27)18-31(42)39-26-12-10-25(11-13-26)38-30(41)9-6-16-40(3)4/h5-9,14-15,17,19-21,25-26,37H,2,10-13,16,18H2,1,3-4H3,(H,35,36)(H,38,41)(H,39,42)/b9-6+,29-20+,33-28+. The number of nitrogens with zero attached hydrogens (tertiary/aromatic N) is 4. The Morgan fingerprint density at radius 2 is 1.88 bits per heavy atom. The summed E-state index contributed by atoms with van der Waals surface area (Å²) >= 11 is 0. The number of hydrogen-bond donors (Lipinski definition) is 4. The van der Waals surface area contributed by atoms with Gasteiger partial charge in [0.1, 0.15) is 11.5 Å². The van der Waals surface area contributed by atoms with Crippen LogP contribution in [0.15, 0.2) is 82.8 Å². The maximum atomic E-state index is 12.8. The molecule has 0 spiro atoms. The molecule has 1 aliphatic carbocycles. The van der Waals surface area contributed by atoms with Crippen molar-refractivity contribution in [1.29, 1.82) is 0 Å². The van der Waals surface area contributed by atoms with Crippen molar-refractivity contribution in [3.8, 4) is 0 Å². The SMILES string of the molecule is C=N/C(=C\C(=N/C)c1cnc2[nH]ccc2c1)Nc1cccc(CC(=O)NC2CCC(NC(=O)/C=C/CN(C)C)CC2)c1. The summed E-state index contributed by atoms with van der Waals surface area (Å²) < 4.78 is 0. The number of allylic oxidation sites excluding steroid dienone is 1. The average molecular weight is 569 g/mol. The van der Waals surface area contributed by atoms with E-state index < -0.39 is 0 Å². The molecular formula is C32H40N8O2. The van der Waals surface area contributed by atoms with E-state index in [9.17, 15) is 9.59 Å². The number of aliphatic imine (C=N–C) groups is 2. The first-order chi connectivity index (χ1) is 20.3. The van der Waals surface area contributed by atoms with Crippen molar-refractivity contribution in [3.05, 3.63) is 84.0 Å². The third kappa shape index (κ3) is 8.97. The summed E-state index contributed by atoms with van der Waals surface area (Å²) in [5.41, 5.74) is 4.08. The fourth-order valence-corrected chi connectivity index (χ4v) is 4.98. The van der Waals surface area contributed by atoms with Crippen LogP contribution in [0.5, 0.6) is 0 Å². The van der Waals surface area contributed by atoms with Gasteiger partial charge in [-0.15, -0.1) is 0 Å². The van der Waals surface area contributed by atoms with Crippen molar-refractivity contribution < 1.29 is 9.59 Å². The Morgan fingerprint density at radius 3 is 2.60 bits per heavy atom. The molecule has 0 unspecified atom stereocenters. The van der Waals surface area contributed by atoms with Crippen molar-refractivity contribution in [2.75, 3.05) is 33.0 Å². The van der Waals surface area contributed by atoms with E-state index in [0.29, 0.717) is 11.5 Å². The van der Waals surface area contributed by atoms with Gasteiger partial charge in [0.05, 0.1) is 12.1 Å². The molecule has 2 heterocycles. The number of nitrogens with one attached hydrogen (secondary N) is 4. The van der Waals surface area contributed by atoms with Crippen molar-refractivity contribution in [2.45, 2.75) is 44.2 Å². The monoisotopic (exact) mass is 568 g/mol. The molecule has 42 heavy (non-hydrogen) atoms. The van der Waals surface area contributed by atoms with E-state index in [-0.39, 0.29) is 30.3 Å². The fraction of sp³-hybridized carbons (Fsp3) is 0.344. The van der Waals surface area contributed by atoms with Crippen molar-refractivity contribution in [1.82, 2.24) is 25.5 Å². The van der Waals surface area contributed by atoms with Crippen molar-refractivity contribution >= 4 is 41.0 Å². The molecule has 2 amide bonds. The molecule has 1 fully saturated rings. The Labute approximate surface area is 247 Å². The molecule has 2 aromatic heterocycles. The first kappa shape index (κ1) is 30.4. The molecule has 0 aliphatic heterocycles. The smallest absolute Gasteiger partial charge is 0.243 e. The highest BCUT2D eigenvalue weighted by Gasteiger charge is 2.23. The lowest BCUT2D eigenvalue weighted by molar-refractivity contribution is -0.121. The van der Waals surface area contributed by atoms with Crippen LogP contribution in [0.2, 0.25) is 0 Å². The first-order valence-electron chi connectivity index (χ1n) is 14.2. The molecule has 0 atom stereocenters. The quantitative estimate of drug-likeness (QED) is 0.195. The fourth-order valence-electron chi connectivity index (χ4n) is 4.98. The minimum atomic E-state index is -0.0594. The van der Waals surface area contributed by atoms with Crippen LogP contribution in [-0.4, -0.2) is 78.9 Å². The zero-order chi connectivity index (χ0) is 29.9. The predicted molar refractivity (Wildman–Crippen MR) is 170 cm³/mol. The number of aromatic nitrogens is 2. The van der Waals surface area contributed by atoms with Crippen LogP contribution in [0.1, 0.15) is 36.8 Å². The lowest BCUT2D eigenvalue weighted by atomic mass is 9.91. The second-order valence-corrected chi connectivity index (χ2v) is 10.7. The molecule has 0 radical (unpaired) electrons. The van der Waals surface area contributed by atoms with Gasteiger partial charge >= 0.3 is 0 Å². The largest absolute Gasteiger partial charge is 0.353 e. The Kier molecular flexibility index (Phi) is 10.8. The number of carbonyl (C=O) groups excluding carboxylic acids is 2. The van der Waals surface area contributed by atoms with E-state index in [4.69, 9.17) is 0 Å². The van der Waals surface area contributed by atoms with Crippen LogP contribution in [-0.2, 0) is 16.0 Å². The highest BCUT2D eigenvalue weighted by Crippen LogP contribution is 2.20. The van der Waals surface area contributed by atoms with Crippen LogP contribution in [0.3, 0.4) is 0 Å². The van der Waals surface area contributed by atoms with E-state index in [2.05, 4.69) is 42.6 Å². The number of H-pyrrole nitrogens is 1. The van der Waals surface area contributed by atoms with Gasteiger partial charge in [-0.25, -0.2) is 9.98 Å². The molecule has 0 saturated heterocycles. The summed E-state index contributed by atoms with van der Waals surface area (Å²) in [4.78, 5) is 43.1. The average Bonchev–Trinajstić information content (AvgIpc) is 3.44. The molecule has 1 aromatic carbocycles. The van der Waals surface area contributed by atoms with E-state index in [1.54, 1.807) is 19.3 Å². The number of amides is 2.